The highest BCUT2D eigenvalue weighted by molar-refractivity contribution is 5.82. The van der Waals surface area contributed by atoms with E-state index in [1.165, 1.54) is 4.90 Å². The Hall–Kier alpha value is -1.83. The van der Waals surface area contributed by atoms with Crippen LogP contribution in [-0.2, 0) is 14.3 Å². The molecule has 0 aromatic carbocycles. The molecule has 3 N–H and O–H groups in total. The smallest absolute Gasteiger partial charge is 0.326 e. The molecule has 1 fully saturated rings. The minimum absolute atomic E-state index is 0.142. The highest BCUT2D eigenvalue weighted by Crippen LogP contribution is 2.14. The van der Waals surface area contributed by atoms with Crippen LogP contribution in [0.15, 0.2) is 0 Å². The normalized spacial score (nSPS) is 19.6. The number of carbonyl (C=O) groups excluding carboxylic acids is 1. The number of carboxylic acids is 2. The molecule has 8 heteroatoms. The molecule has 0 aliphatic carbocycles. The summed E-state index contributed by atoms with van der Waals surface area (Å²) in [5, 5.41) is 19.9. The van der Waals surface area contributed by atoms with Crippen molar-refractivity contribution in [3.63, 3.8) is 0 Å². The lowest BCUT2D eigenvalue weighted by Gasteiger charge is -2.28. The van der Waals surface area contributed by atoms with Crippen molar-refractivity contribution in [1.29, 1.82) is 0 Å². The van der Waals surface area contributed by atoms with Crippen LogP contribution in [0.1, 0.15) is 25.7 Å². The van der Waals surface area contributed by atoms with Crippen LogP contribution >= 0.6 is 0 Å². The predicted octanol–water partition coefficient (Wildman–Crippen LogP) is 0.372. The maximum absolute atomic E-state index is 11.9. The van der Waals surface area contributed by atoms with Crippen LogP contribution in [0, 0.1) is 5.92 Å². The Labute approximate surface area is 123 Å². The van der Waals surface area contributed by atoms with E-state index in [0.29, 0.717) is 13.2 Å². The lowest BCUT2D eigenvalue weighted by Crippen LogP contribution is -2.48. The number of carboxylic acid groups (broad SMARTS) is 2. The molecule has 0 spiro atoms. The number of hydrogen-bond acceptors (Lipinski definition) is 4. The van der Waals surface area contributed by atoms with E-state index in [1.54, 1.807) is 7.05 Å². The molecule has 120 valence electrons. The molecule has 2 unspecified atom stereocenters. The van der Waals surface area contributed by atoms with Crippen molar-refractivity contribution in [2.75, 3.05) is 26.8 Å². The zero-order chi connectivity index (χ0) is 15.8. The standard InChI is InChI=1S/C13H22N2O6/c1-15(7-9-3-2-6-21-8-9)13(20)14-10(12(18)19)4-5-11(16)17/h9-10H,2-8H2,1H3,(H,14,20)(H,16,17)(H,18,19). The second-order valence-corrected chi connectivity index (χ2v) is 5.24. The zero-order valence-electron chi connectivity index (χ0n) is 12.1. The Balaban J connectivity index is 2.43. The van der Waals surface area contributed by atoms with Crippen LogP contribution in [0.5, 0.6) is 0 Å². The number of nitrogens with one attached hydrogen (secondary N) is 1. The summed E-state index contributed by atoms with van der Waals surface area (Å²) in [5.41, 5.74) is 0. The summed E-state index contributed by atoms with van der Waals surface area (Å²) < 4.78 is 5.33. The average Bonchev–Trinajstić information content (AvgIpc) is 2.43. The van der Waals surface area contributed by atoms with Gasteiger partial charge in [0, 0.05) is 32.5 Å². The molecule has 21 heavy (non-hydrogen) atoms. The number of nitrogens with zero attached hydrogens (tertiary/aromatic N) is 1. The maximum Gasteiger partial charge on any atom is 0.326 e. The number of rotatable bonds is 7. The SMILES string of the molecule is CN(CC1CCCOC1)C(=O)NC(CCC(=O)O)C(=O)O. The largest absolute Gasteiger partial charge is 0.481 e. The summed E-state index contributed by atoms with van der Waals surface area (Å²) in [6.07, 6.45) is 1.48. The van der Waals surface area contributed by atoms with Gasteiger partial charge < -0.3 is 25.2 Å². The molecule has 1 aliphatic rings. The second-order valence-electron chi connectivity index (χ2n) is 5.24. The van der Waals surface area contributed by atoms with Crippen LogP contribution in [0.2, 0.25) is 0 Å². The van der Waals surface area contributed by atoms with Gasteiger partial charge >= 0.3 is 18.0 Å². The number of amides is 2. The average molecular weight is 302 g/mol. The first-order chi connectivity index (χ1) is 9.90. The molecule has 1 rings (SSSR count). The quantitative estimate of drug-likeness (QED) is 0.626. The van der Waals surface area contributed by atoms with E-state index in [-0.39, 0.29) is 18.8 Å². The topological polar surface area (TPSA) is 116 Å². The summed E-state index contributed by atoms with van der Waals surface area (Å²) >= 11 is 0. The first-order valence-electron chi connectivity index (χ1n) is 6.94. The van der Waals surface area contributed by atoms with Gasteiger partial charge in [-0.15, -0.1) is 0 Å². The van der Waals surface area contributed by atoms with Crippen molar-refractivity contribution in [2.24, 2.45) is 5.92 Å². The summed E-state index contributed by atoms with van der Waals surface area (Å²) in [7, 11) is 1.58. The number of urea groups is 1. The van der Waals surface area contributed by atoms with E-state index in [2.05, 4.69) is 5.32 Å². The number of ether oxygens (including phenoxy) is 1. The van der Waals surface area contributed by atoms with Crippen molar-refractivity contribution in [3.8, 4) is 0 Å². The monoisotopic (exact) mass is 302 g/mol. The molecule has 0 bridgehead atoms. The fraction of sp³-hybridized carbons (Fsp3) is 0.769. The van der Waals surface area contributed by atoms with Gasteiger partial charge in [-0.2, -0.15) is 0 Å². The summed E-state index contributed by atoms with van der Waals surface area (Å²) in [4.78, 5) is 34.8. The Morgan fingerprint density at radius 3 is 2.62 bits per heavy atom. The van der Waals surface area contributed by atoms with Crippen LogP contribution in [0.4, 0.5) is 4.79 Å². The third-order valence-corrected chi connectivity index (χ3v) is 3.38. The van der Waals surface area contributed by atoms with E-state index in [1.807, 2.05) is 0 Å². The molecule has 0 radical (unpaired) electrons. The lowest BCUT2D eigenvalue weighted by molar-refractivity contribution is -0.140. The second kappa shape index (κ2) is 8.46. The fourth-order valence-electron chi connectivity index (χ4n) is 2.21. The fourth-order valence-corrected chi connectivity index (χ4v) is 2.21. The molecule has 0 aromatic rings. The minimum Gasteiger partial charge on any atom is -0.481 e. The summed E-state index contributed by atoms with van der Waals surface area (Å²) in [6.45, 7) is 1.82. The van der Waals surface area contributed by atoms with Gasteiger partial charge in [0.15, 0.2) is 0 Å². The maximum atomic E-state index is 11.9. The van der Waals surface area contributed by atoms with Crippen molar-refractivity contribution < 1.29 is 29.3 Å². The van der Waals surface area contributed by atoms with Gasteiger partial charge in [0.05, 0.1) is 6.61 Å². The lowest BCUT2D eigenvalue weighted by atomic mass is 10.0. The van der Waals surface area contributed by atoms with Crippen LogP contribution in [0.3, 0.4) is 0 Å². The van der Waals surface area contributed by atoms with Gasteiger partial charge in [0.2, 0.25) is 0 Å². The van der Waals surface area contributed by atoms with Crippen LogP contribution in [-0.4, -0.2) is 65.9 Å². The van der Waals surface area contributed by atoms with Crippen molar-refractivity contribution >= 4 is 18.0 Å². The highest BCUT2D eigenvalue weighted by Gasteiger charge is 2.24. The van der Waals surface area contributed by atoms with E-state index < -0.39 is 24.0 Å². The number of aliphatic carboxylic acids is 2. The summed E-state index contributed by atoms with van der Waals surface area (Å²) in [6, 6.07) is -1.71. The molecule has 0 aromatic heterocycles. The predicted molar refractivity (Wildman–Crippen MR) is 73.0 cm³/mol. The van der Waals surface area contributed by atoms with Crippen LogP contribution in [0.25, 0.3) is 0 Å². The number of hydrogen-bond donors (Lipinski definition) is 3. The van der Waals surface area contributed by atoms with Crippen LogP contribution < -0.4 is 5.32 Å². The first kappa shape index (κ1) is 17.2. The Bertz CT molecular complexity index is 381. The molecule has 8 nitrogen and oxygen atoms in total. The van der Waals surface area contributed by atoms with Gasteiger partial charge in [-0.25, -0.2) is 9.59 Å². The highest BCUT2D eigenvalue weighted by atomic mass is 16.5. The van der Waals surface area contributed by atoms with E-state index >= 15 is 0 Å². The molecule has 1 saturated heterocycles. The first-order valence-corrected chi connectivity index (χ1v) is 6.94. The van der Waals surface area contributed by atoms with Gasteiger partial charge in [0.1, 0.15) is 6.04 Å². The summed E-state index contributed by atoms with van der Waals surface area (Å²) in [5.74, 6) is -2.08. The van der Waals surface area contributed by atoms with Crippen molar-refractivity contribution in [2.45, 2.75) is 31.7 Å². The molecule has 0 saturated carbocycles. The Kier molecular flexibility index (Phi) is 6.93. The zero-order valence-corrected chi connectivity index (χ0v) is 12.1. The third-order valence-electron chi connectivity index (χ3n) is 3.38. The molecule has 1 heterocycles. The molecular weight excluding hydrogens is 280 g/mol. The van der Waals surface area contributed by atoms with Crippen molar-refractivity contribution in [3.05, 3.63) is 0 Å². The van der Waals surface area contributed by atoms with Gasteiger partial charge in [-0.05, 0) is 19.3 Å². The van der Waals surface area contributed by atoms with Crippen molar-refractivity contribution in [1.82, 2.24) is 10.2 Å². The third kappa shape index (κ3) is 6.44. The van der Waals surface area contributed by atoms with Gasteiger partial charge in [0.25, 0.3) is 0 Å². The Morgan fingerprint density at radius 1 is 1.38 bits per heavy atom. The van der Waals surface area contributed by atoms with E-state index in [4.69, 9.17) is 14.9 Å². The molecular formula is C13H22N2O6. The number of carbonyl (C=O) groups is 3. The van der Waals surface area contributed by atoms with Gasteiger partial charge in [-0.3, -0.25) is 4.79 Å². The molecule has 1 aliphatic heterocycles. The van der Waals surface area contributed by atoms with E-state index in [9.17, 15) is 14.4 Å². The van der Waals surface area contributed by atoms with Gasteiger partial charge in [-0.1, -0.05) is 0 Å². The molecule has 2 atom stereocenters. The van der Waals surface area contributed by atoms with E-state index in [0.717, 1.165) is 19.4 Å². The Morgan fingerprint density at radius 2 is 2.10 bits per heavy atom. The minimum atomic E-state index is -1.24. The molecule has 2 amide bonds.